The first kappa shape index (κ1) is 18.8. The molecule has 0 amide bonds. The molecule has 0 saturated carbocycles. The first-order chi connectivity index (χ1) is 13.7. The predicted octanol–water partition coefficient (Wildman–Crippen LogP) is 5.05. The first-order valence-corrected chi connectivity index (χ1v) is 10.7. The molecule has 0 aliphatic carbocycles. The van der Waals surface area contributed by atoms with Gasteiger partial charge in [-0.05, 0) is 30.3 Å². The molecule has 2 aromatic carbocycles. The fourth-order valence-corrected chi connectivity index (χ4v) is 4.51. The number of methoxy groups -OCH3 is 1. The number of fused-ring (bicyclic) bond motifs is 1. The summed E-state index contributed by atoms with van der Waals surface area (Å²) in [6.07, 6.45) is 0.902. The predicted molar refractivity (Wildman–Crippen MR) is 110 cm³/mol. The monoisotopic (exact) mass is 413 g/mol. The molecule has 3 aromatic rings. The molecular formula is C21H19NO4S2. The molecule has 0 radical (unpaired) electrons. The zero-order chi connectivity index (χ0) is 19.3. The summed E-state index contributed by atoms with van der Waals surface area (Å²) in [5.41, 5.74) is 2.55. The maximum absolute atomic E-state index is 11.5. The van der Waals surface area contributed by atoms with E-state index in [4.69, 9.17) is 19.2 Å². The molecule has 0 saturated heterocycles. The van der Waals surface area contributed by atoms with Gasteiger partial charge >= 0.3 is 5.97 Å². The molecule has 144 valence electrons. The minimum Gasteiger partial charge on any atom is -0.490 e. The van der Waals surface area contributed by atoms with Crippen LogP contribution in [0, 0.1) is 0 Å². The van der Waals surface area contributed by atoms with Crippen LogP contribution in [0.2, 0.25) is 0 Å². The molecule has 1 aliphatic heterocycles. The van der Waals surface area contributed by atoms with E-state index in [0.717, 1.165) is 44.8 Å². The van der Waals surface area contributed by atoms with E-state index in [0.29, 0.717) is 18.8 Å². The second kappa shape index (κ2) is 8.67. The molecule has 2 heterocycles. The number of hydrogen-bond acceptors (Lipinski definition) is 7. The van der Waals surface area contributed by atoms with Crippen LogP contribution in [0.15, 0.2) is 52.7 Å². The molecule has 0 atom stereocenters. The van der Waals surface area contributed by atoms with Gasteiger partial charge in [-0.25, -0.2) is 9.78 Å². The van der Waals surface area contributed by atoms with Crippen LogP contribution in [-0.2, 0) is 10.5 Å². The molecule has 0 fully saturated rings. The summed E-state index contributed by atoms with van der Waals surface area (Å²) in [7, 11) is 1.38. The van der Waals surface area contributed by atoms with E-state index in [9.17, 15) is 4.79 Å². The summed E-state index contributed by atoms with van der Waals surface area (Å²) in [6.45, 7) is 1.38. The van der Waals surface area contributed by atoms with Gasteiger partial charge in [-0.1, -0.05) is 12.1 Å². The van der Waals surface area contributed by atoms with Crippen molar-refractivity contribution in [3.63, 3.8) is 0 Å². The maximum Gasteiger partial charge on any atom is 0.337 e. The highest BCUT2D eigenvalue weighted by Crippen LogP contribution is 2.35. The number of aromatic nitrogens is 1. The van der Waals surface area contributed by atoms with Gasteiger partial charge in [-0.15, -0.1) is 23.1 Å². The van der Waals surface area contributed by atoms with Crippen molar-refractivity contribution in [1.82, 2.24) is 4.98 Å². The summed E-state index contributed by atoms with van der Waals surface area (Å²) in [6, 6.07) is 13.4. The molecule has 0 unspecified atom stereocenters. The van der Waals surface area contributed by atoms with Crippen molar-refractivity contribution in [2.75, 3.05) is 20.3 Å². The Morgan fingerprint density at radius 3 is 2.71 bits per heavy atom. The molecule has 1 aliphatic rings. The van der Waals surface area contributed by atoms with Crippen molar-refractivity contribution in [2.45, 2.75) is 17.1 Å². The molecule has 5 nitrogen and oxygen atoms in total. The van der Waals surface area contributed by atoms with Crippen LogP contribution in [-0.4, -0.2) is 31.3 Å². The van der Waals surface area contributed by atoms with Crippen molar-refractivity contribution in [3.05, 3.63) is 59.1 Å². The minimum absolute atomic E-state index is 0.335. The van der Waals surface area contributed by atoms with Crippen molar-refractivity contribution in [1.29, 1.82) is 0 Å². The van der Waals surface area contributed by atoms with Gasteiger partial charge in [-0.2, -0.15) is 0 Å². The largest absolute Gasteiger partial charge is 0.490 e. The Hall–Kier alpha value is -2.51. The normalized spacial score (nSPS) is 13.0. The molecule has 0 N–H and O–H groups in total. The number of esters is 1. The zero-order valence-corrected chi connectivity index (χ0v) is 17.0. The number of thiazole rings is 1. The SMILES string of the molecule is COC(=O)c1ccc(-c2nc(CSc3ccc4c(c3)OCCCO4)cs2)cc1. The average molecular weight is 414 g/mol. The summed E-state index contributed by atoms with van der Waals surface area (Å²) < 4.78 is 16.2. The second-order valence-corrected chi connectivity index (χ2v) is 8.07. The van der Waals surface area contributed by atoms with Crippen LogP contribution in [0.25, 0.3) is 10.6 Å². The van der Waals surface area contributed by atoms with Crippen LogP contribution in [0.5, 0.6) is 11.5 Å². The smallest absolute Gasteiger partial charge is 0.337 e. The zero-order valence-electron chi connectivity index (χ0n) is 15.3. The highest BCUT2D eigenvalue weighted by Gasteiger charge is 2.12. The van der Waals surface area contributed by atoms with E-state index in [-0.39, 0.29) is 5.97 Å². The summed E-state index contributed by atoms with van der Waals surface area (Å²) in [4.78, 5) is 17.4. The molecule has 0 bridgehead atoms. The van der Waals surface area contributed by atoms with E-state index in [1.165, 1.54) is 7.11 Å². The Labute approximate surface area is 171 Å². The fourth-order valence-electron chi connectivity index (χ4n) is 2.76. The van der Waals surface area contributed by atoms with Gasteiger partial charge < -0.3 is 14.2 Å². The lowest BCUT2D eigenvalue weighted by molar-refractivity contribution is 0.0601. The number of thioether (sulfide) groups is 1. The Kier molecular flexibility index (Phi) is 5.83. The van der Waals surface area contributed by atoms with Gasteiger partial charge in [0.15, 0.2) is 11.5 Å². The number of benzene rings is 2. The standard InChI is InChI=1S/C21H19NO4S2/c1-24-21(23)15-5-3-14(4-6-15)20-22-16(13-28-20)12-27-17-7-8-18-19(11-17)26-10-2-9-25-18/h3-8,11,13H,2,9-10,12H2,1H3. The Morgan fingerprint density at radius 2 is 1.93 bits per heavy atom. The molecule has 1 aromatic heterocycles. The highest BCUT2D eigenvalue weighted by atomic mass is 32.2. The topological polar surface area (TPSA) is 57.7 Å². The third-order valence-corrected chi connectivity index (χ3v) is 6.18. The van der Waals surface area contributed by atoms with E-state index < -0.39 is 0 Å². The van der Waals surface area contributed by atoms with Crippen molar-refractivity contribution >= 4 is 29.1 Å². The lowest BCUT2D eigenvalue weighted by Gasteiger charge is -2.08. The van der Waals surface area contributed by atoms with E-state index >= 15 is 0 Å². The average Bonchev–Trinajstić information content (AvgIpc) is 3.09. The lowest BCUT2D eigenvalue weighted by atomic mass is 10.1. The quantitative estimate of drug-likeness (QED) is 0.431. The van der Waals surface area contributed by atoms with Gasteiger partial charge in [0, 0.05) is 28.0 Å². The Morgan fingerprint density at radius 1 is 1.14 bits per heavy atom. The Balaban J connectivity index is 1.41. The fraction of sp³-hybridized carbons (Fsp3) is 0.238. The van der Waals surface area contributed by atoms with E-state index in [2.05, 4.69) is 11.4 Å². The number of hydrogen-bond donors (Lipinski definition) is 0. The highest BCUT2D eigenvalue weighted by molar-refractivity contribution is 7.98. The maximum atomic E-state index is 11.5. The van der Waals surface area contributed by atoms with Gasteiger partial charge in [0.2, 0.25) is 0 Å². The summed E-state index contributed by atoms with van der Waals surface area (Å²) in [5, 5.41) is 3.00. The van der Waals surface area contributed by atoms with Crippen molar-refractivity contribution in [2.24, 2.45) is 0 Å². The summed E-state index contributed by atoms with van der Waals surface area (Å²) in [5.74, 6) is 2.06. The molecule has 4 rings (SSSR count). The Bertz CT molecular complexity index is 969. The first-order valence-electron chi connectivity index (χ1n) is 8.88. The third kappa shape index (κ3) is 4.31. The molecule has 0 spiro atoms. The number of carbonyl (C=O) groups is 1. The van der Waals surface area contributed by atoms with Crippen LogP contribution >= 0.6 is 23.1 Å². The van der Waals surface area contributed by atoms with Gasteiger partial charge in [0.1, 0.15) is 5.01 Å². The van der Waals surface area contributed by atoms with Crippen LogP contribution in [0.4, 0.5) is 0 Å². The third-order valence-electron chi connectivity index (χ3n) is 4.21. The van der Waals surface area contributed by atoms with Crippen molar-refractivity contribution < 1.29 is 19.0 Å². The van der Waals surface area contributed by atoms with Crippen LogP contribution < -0.4 is 9.47 Å². The van der Waals surface area contributed by atoms with E-state index in [1.807, 2.05) is 24.3 Å². The van der Waals surface area contributed by atoms with Crippen LogP contribution in [0.1, 0.15) is 22.5 Å². The second-order valence-electron chi connectivity index (χ2n) is 6.16. The molecular weight excluding hydrogens is 394 g/mol. The minimum atomic E-state index is -0.335. The van der Waals surface area contributed by atoms with Crippen molar-refractivity contribution in [3.8, 4) is 22.1 Å². The van der Waals surface area contributed by atoms with Crippen LogP contribution in [0.3, 0.4) is 0 Å². The number of carbonyl (C=O) groups excluding carboxylic acids is 1. The lowest BCUT2D eigenvalue weighted by Crippen LogP contribution is -2.00. The van der Waals surface area contributed by atoms with Gasteiger partial charge in [0.25, 0.3) is 0 Å². The number of ether oxygens (including phenoxy) is 3. The van der Waals surface area contributed by atoms with E-state index in [1.54, 1.807) is 35.2 Å². The van der Waals surface area contributed by atoms with Gasteiger partial charge in [-0.3, -0.25) is 0 Å². The van der Waals surface area contributed by atoms with Gasteiger partial charge in [0.05, 0.1) is 31.6 Å². The molecule has 28 heavy (non-hydrogen) atoms. The molecule has 7 heteroatoms. The number of rotatable bonds is 5. The number of nitrogens with zero attached hydrogens (tertiary/aromatic N) is 1. The summed E-state index contributed by atoms with van der Waals surface area (Å²) >= 11 is 3.32.